The van der Waals surface area contributed by atoms with Gasteiger partial charge in [-0.2, -0.15) is 5.11 Å². The number of hydrogen-bond donors (Lipinski definition) is 1. The highest BCUT2D eigenvalue weighted by molar-refractivity contribution is 5.77. The van der Waals surface area contributed by atoms with Crippen molar-refractivity contribution in [3.63, 3.8) is 0 Å². The van der Waals surface area contributed by atoms with E-state index in [0.29, 0.717) is 6.54 Å². The van der Waals surface area contributed by atoms with Crippen LogP contribution in [0.4, 0.5) is 0 Å². The van der Waals surface area contributed by atoms with E-state index < -0.39 is 0 Å². The van der Waals surface area contributed by atoms with Crippen LogP contribution in [0.1, 0.15) is 12.7 Å². The third-order valence-electron chi connectivity index (χ3n) is 2.00. The second kappa shape index (κ2) is 4.59. The minimum atomic E-state index is 0.474. The van der Waals surface area contributed by atoms with Crippen LogP contribution in [0.5, 0.6) is 0 Å². The van der Waals surface area contributed by atoms with Crippen molar-refractivity contribution in [3.05, 3.63) is 36.1 Å². The maximum Gasteiger partial charge on any atom is 0.134 e. The number of rotatable bonds is 4. The van der Waals surface area contributed by atoms with Crippen LogP contribution in [0.15, 0.2) is 45.1 Å². The number of nitrogens with zero attached hydrogens (tertiary/aromatic N) is 2. The normalized spacial score (nSPS) is 11.3. The monoisotopic (exact) mass is 203 g/mol. The smallest absolute Gasteiger partial charge is 0.134 e. The molecule has 0 spiro atoms. The lowest BCUT2D eigenvalue weighted by Crippen LogP contribution is -2.00. The number of nitrogens with one attached hydrogen (secondary N) is 1. The van der Waals surface area contributed by atoms with Gasteiger partial charge in [0, 0.05) is 11.9 Å². The van der Waals surface area contributed by atoms with Crippen molar-refractivity contribution in [2.45, 2.75) is 13.5 Å². The van der Waals surface area contributed by atoms with Crippen molar-refractivity contribution in [1.29, 1.82) is 0 Å². The summed E-state index contributed by atoms with van der Waals surface area (Å²) in [6.45, 7) is 3.23. The molecule has 2 rings (SSSR count). The van der Waals surface area contributed by atoms with E-state index in [-0.39, 0.29) is 0 Å². The summed E-state index contributed by atoms with van der Waals surface area (Å²) < 4.78 is 5.57. The molecule has 1 aromatic carbocycles. The van der Waals surface area contributed by atoms with Crippen LogP contribution in [0.25, 0.3) is 11.0 Å². The molecule has 0 amide bonds. The van der Waals surface area contributed by atoms with Crippen LogP contribution < -0.4 is 5.43 Å². The molecule has 2 aromatic rings. The first-order valence-corrected chi connectivity index (χ1v) is 4.97. The first kappa shape index (κ1) is 9.71. The summed E-state index contributed by atoms with van der Waals surface area (Å²) in [7, 11) is 0. The highest BCUT2D eigenvalue weighted by Crippen LogP contribution is 2.19. The first-order chi connectivity index (χ1) is 7.40. The van der Waals surface area contributed by atoms with Gasteiger partial charge < -0.3 is 4.42 Å². The minimum Gasteiger partial charge on any atom is -0.459 e. The van der Waals surface area contributed by atoms with E-state index in [0.717, 1.165) is 23.3 Å². The Labute approximate surface area is 88.0 Å². The zero-order valence-electron chi connectivity index (χ0n) is 8.60. The number of hydrogen-bond acceptors (Lipinski definition) is 3. The number of fused-ring (bicyclic) bond motifs is 1. The molecule has 0 aliphatic rings. The summed E-state index contributed by atoms with van der Waals surface area (Å²) in [5, 5.41) is 8.82. The van der Waals surface area contributed by atoms with E-state index in [2.05, 4.69) is 15.8 Å². The van der Waals surface area contributed by atoms with Crippen LogP contribution in [0.3, 0.4) is 0 Å². The van der Waals surface area contributed by atoms with Gasteiger partial charge in [0.2, 0.25) is 0 Å². The van der Waals surface area contributed by atoms with E-state index in [9.17, 15) is 0 Å². The molecule has 1 aromatic heterocycles. The standard InChI is InChI=1S/C11H13N3O/c1-2-12-14-13-8-10-7-9-5-3-4-6-11(9)15-10/h3-7H,2,8H2,1H3,(H,12,13). The van der Waals surface area contributed by atoms with Gasteiger partial charge in [0.15, 0.2) is 0 Å². The summed E-state index contributed by atoms with van der Waals surface area (Å²) >= 11 is 0. The third kappa shape index (κ3) is 2.34. The molecule has 0 bridgehead atoms. The van der Waals surface area contributed by atoms with E-state index in [1.54, 1.807) is 0 Å². The molecule has 78 valence electrons. The molecule has 4 nitrogen and oxygen atoms in total. The summed E-state index contributed by atoms with van der Waals surface area (Å²) in [5.74, 6) is 0.831. The fourth-order valence-corrected chi connectivity index (χ4v) is 1.34. The Bertz CT molecular complexity index is 429. The summed E-state index contributed by atoms with van der Waals surface area (Å²) in [4.78, 5) is 0. The summed E-state index contributed by atoms with van der Waals surface area (Å²) in [6.07, 6.45) is 0. The topological polar surface area (TPSA) is 49.9 Å². The second-order valence-corrected chi connectivity index (χ2v) is 3.16. The summed E-state index contributed by atoms with van der Waals surface area (Å²) in [6, 6.07) is 9.89. The van der Waals surface area contributed by atoms with E-state index in [4.69, 9.17) is 4.42 Å². The predicted octanol–water partition coefficient (Wildman–Crippen LogP) is 2.91. The lowest BCUT2D eigenvalue weighted by atomic mass is 10.2. The quantitative estimate of drug-likeness (QED) is 0.613. The van der Waals surface area contributed by atoms with Gasteiger partial charge in [0.25, 0.3) is 0 Å². The molecule has 1 heterocycles. The molecule has 0 fully saturated rings. The van der Waals surface area contributed by atoms with Gasteiger partial charge in [0.1, 0.15) is 17.9 Å². The number of furan rings is 1. The van der Waals surface area contributed by atoms with Gasteiger partial charge in [-0.1, -0.05) is 23.4 Å². The van der Waals surface area contributed by atoms with Crippen molar-refractivity contribution in [2.75, 3.05) is 6.54 Å². The van der Waals surface area contributed by atoms with E-state index in [1.165, 1.54) is 0 Å². The maximum atomic E-state index is 5.57. The Kier molecular flexibility index (Phi) is 2.97. The van der Waals surface area contributed by atoms with Crippen molar-refractivity contribution in [1.82, 2.24) is 5.43 Å². The Hall–Kier alpha value is -1.84. The summed E-state index contributed by atoms with van der Waals surface area (Å²) in [5.41, 5.74) is 3.66. The van der Waals surface area contributed by atoms with Gasteiger partial charge in [-0.05, 0) is 19.1 Å². The highest BCUT2D eigenvalue weighted by atomic mass is 16.3. The molecular weight excluding hydrogens is 190 g/mol. The Morgan fingerprint density at radius 1 is 1.33 bits per heavy atom. The largest absolute Gasteiger partial charge is 0.459 e. The molecule has 0 radical (unpaired) electrons. The molecule has 0 saturated heterocycles. The van der Waals surface area contributed by atoms with Crippen molar-refractivity contribution in [3.8, 4) is 0 Å². The fourth-order valence-electron chi connectivity index (χ4n) is 1.34. The molecule has 0 atom stereocenters. The SMILES string of the molecule is CCNN=NCc1cc2ccccc2o1. The minimum absolute atomic E-state index is 0.474. The Morgan fingerprint density at radius 2 is 2.20 bits per heavy atom. The average molecular weight is 203 g/mol. The van der Waals surface area contributed by atoms with Crippen LogP contribution in [0.2, 0.25) is 0 Å². The van der Waals surface area contributed by atoms with Gasteiger partial charge in [-0.25, -0.2) is 0 Å². The average Bonchev–Trinajstić information content (AvgIpc) is 2.67. The van der Waals surface area contributed by atoms with Gasteiger partial charge in [0.05, 0.1) is 0 Å². The number of benzene rings is 1. The fraction of sp³-hybridized carbons (Fsp3) is 0.273. The van der Waals surface area contributed by atoms with Crippen LogP contribution >= 0.6 is 0 Å². The lowest BCUT2D eigenvalue weighted by Gasteiger charge is -1.89. The van der Waals surface area contributed by atoms with Gasteiger partial charge >= 0.3 is 0 Å². The maximum absolute atomic E-state index is 5.57. The zero-order valence-corrected chi connectivity index (χ0v) is 8.60. The predicted molar refractivity (Wildman–Crippen MR) is 58.5 cm³/mol. The first-order valence-electron chi connectivity index (χ1n) is 4.97. The van der Waals surface area contributed by atoms with Crippen molar-refractivity contribution >= 4 is 11.0 Å². The number of para-hydroxylation sites is 1. The van der Waals surface area contributed by atoms with E-state index in [1.807, 2.05) is 37.3 Å². The van der Waals surface area contributed by atoms with Crippen LogP contribution in [-0.4, -0.2) is 6.54 Å². The van der Waals surface area contributed by atoms with Gasteiger partial charge in [-0.3, -0.25) is 5.43 Å². The van der Waals surface area contributed by atoms with E-state index >= 15 is 0 Å². The molecule has 0 aliphatic heterocycles. The van der Waals surface area contributed by atoms with Crippen molar-refractivity contribution < 1.29 is 4.42 Å². The molecule has 0 aliphatic carbocycles. The molecule has 0 unspecified atom stereocenters. The third-order valence-corrected chi connectivity index (χ3v) is 2.00. The molecule has 1 N–H and O–H groups in total. The van der Waals surface area contributed by atoms with Gasteiger partial charge in [-0.15, -0.1) is 0 Å². The Morgan fingerprint density at radius 3 is 3.00 bits per heavy atom. The van der Waals surface area contributed by atoms with Crippen LogP contribution in [0, 0.1) is 0 Å². The molecular formula is C11H13N3O. The molecule has 0 saturated carbocycles. The zero-order chi connectivity index (χ0) is 10.5. The Balaban J connectivity index is 2.09. The van der Waals surface area contributed by atoms with Crippen molar-refractivity contribution in [2.24, 2.45) is 10.3 Å². The van der Waals surface area contributed by atoms with Crippen LogP contribution in [-0.2, 0) is 6.54 Å². The molecule has 4 heteroatoms. The highest BCUT2D eigenvalue weighted by Gasteiger charge is 2.00. The molecule has 15 heavy (non-hydrogen) atoms. The lowest BCUT2D eigenvalue weighted by molar-refractivity contribution is 0.540. The second-order valence-electron chi connectivity index (χ2n) is 3.16.